The number of unbranched alkanes of at least 4 members (excludes halogenated alkanes) is 2. The maximum absolute atomic E-state index is 5.31. The van der Waals surface area contributed by atoms with E-state index in [4.69, 9.17) is 9.47 Å². The van der Waals surface area contributed by atoms with E-state index < -0.39 is 0 Å². The summed E-state index contributed by atoms with van der Waals surface area (Å²) in [7, 11) is 0. The highest BCUT2D eigenvalue weighted by Gasteiger charge is 1.88. The van der Waals surface area contributed by atoms with Crippen LogP contribution in [-0.2, 0) is 9.47 Å². The average molecular weight is 173 g/mol. The Morgan fingerprint density at radius 3 is 2.00 bits per heavy atom. The van der Waals surface area contributed by atoms with Gasteiger partial charge in [-0.15, -0.1) is 0 Å². The van der Waals surface area contributed by atoms with Gasteiger partial charge in [0.25, 0.3) is 0 Å². The SMILES string of the molecule is [CH2]CCCOCCOCCCC. The van der Waals surface area contributed by atoms with Crippen molar-refractivity contribution in [3.8, 4) is 0 Å². The van der Waals surface area contributed by atoms with Crippen LogP contribution in [0.5, 0.6) is 0 Å². The molecule has 73 valence electrons. The fourth-order valence-electron chi connectivity index (χ4n) is 0.772. The third-order valence-corrected chi connectivity index (χ3v) is 1.55. The molecule has 2 heteroatoms. The molecular weight excluding hydrogens is 152 g/mol. The molecule has 0 aliphatic carbocycles. The van der Waals surface area contributed by atoms with Gasteiger partial charge >= 0.3 is 0 Å². The van der Waals surface area contributed by atoms with Crippen LogP contribution in [0.15, 0.2) is 0 Å². The summed E-state index contributed by atoms with van der Waals surface area (Å²) in [6.45, 7) is 9.04. The molecule has 0 N–H and O–H groups in total. The molecule has 0 amide bonds. The van der Waals surface area contributed by atoms with E-state index in [0.29, 0.717) is 0 Å². The van der Waals surface area contributed by atoms with Gasteiger partial charge in [-0.2, -0.15) is 0 Å². The van der Waals surface area contributed by atoms with Crippen molar-refractivity contribution in [1.82, 2.24) is 0 Å². The van der Waals surface area contributed by atoms with Gasteiger partial charge in [0.15, 0.2) is 0 Å². The third-order valence-electron chi connectivity index (χ3n) is 1.55. The highest BCUT2D eigenvalue weighted by atomic mass is 16.5. The number of hydrogen-bond donors (Lipinski definition) is 0. The summed E-state index contributed by atoms with van der Waals surface area (Å²) in [6.07, 6.45) is 4.35. The molecular formula is C10H21O2. The van der Waals surface area contributed by atoms with Gasteiger partial charge in [-0.05, 0) is 12.8 Å². The van der Waals surface area contributed by atoms with Gasteiger partial charge in [0.2, 0.25) is 0 Å². The summed E-state index contributed by atoms with van der Waals surface area (Å²) in [5, 5.41) is 0. The molecule has 0 bridgehead atoms. The quantitative estimate of drug-likeness (QED) is 0.499. The summed E-state index contributed by atoms with van der Waals surface area (Å²) in [4.78, 5) is 0. The highest BCUT2D eigenvalue weighted by Crippen LogP contribution is 1.89. The summed E-state index contributed by atoms with van der Waals surface area (Å²) in [6, 6.07) is 0. The summed E-state index contributed by atoms with van der Waals surface area (Å²) in [5.41, 5.74) is 0. The second kappa shape index (κ2) is 10.9. The lowest BCUT2D eigenvalue weighted by Gasteiger charge is -2.03. The van der Waals surface area contributed by atoms with E-state index in [-0.39, 0.29) is 0 Å². The van der Waals surface area contributed by atoms with E-state index >= 15 is 0 Å². The van der Waals surface area contributed by atoms with Gasteiger partial charge in [0.1, 0.15) is 0 Å². The van der Waals surface area contributed by atoms with Crippen molar-refractivity contribution < 1.29 is 9.47 Å². The lowest BCUT2D eigenvalue weighted by molar-refractivity contribution is 0.0461. The molecule has 0 fully saturated rings. The van der Waals surface area contributed by atoms with Crippen molar-refractivity contribution in [3.05, 3.63) is 6.92 Å². The second-order valence-corrected chi connectivity index (χ2v) is 2.79. The van der Waals surface area contributed by atoms with Crippen LogP contribution >= 0.6 is 0 Å². The van der Waals surface area contributed by atoms with Crippen LogP contribution in [-0.4, -0.2) is 26.4 Å². The maximum Gasteiger partial charge on any atom is 0.0700 e. The Balaban J connectivity index is 2.73. The molecule has 0 atom stereocenters. The molecule has 0 heterocycles. The number of hydrogen-bond acceptors (Lipinski definition) is 2. The molecule has 1 radical (unpaired) electrons. The van der Waals surface area contributed by atoms with Crippen LogP contribution in [0.25, 0.3) is 0 Å². The molecule has 0 rings (SSSR count). The molecule has 2 nitrogen and oxygen atoms in total. The Labute approximate surface area is 76.3 Å². The average Bonchev–Trinajstić information content (AvgIpc) is 2.10. The van der Waals surface area contributed by atoms with E-state index in [1.54, 1.807) is 0 Å². The number of ether oxygens (including phenoxy) is 2. The number of rotatable bonds is 9. The first-order valence-electron chi connectivity index (χ1n) is 4.86. The lowest BCUT2D eigenvalue weighted by atomic mass is 10.4. The minimum Gasteiger partial charge on any atom is -0.379 e. The predicted octanol–water partition coefficient (Wildman–Crippen LogP) is 2.43. The normalized spacial score (nSPS) is 10.5. The Kier molecular flexibility index (Phi) is 10.8. The van der Waals surface area contributed by atoms with Gasteiger partial charge in [-0.1, -0.05) is 26.7 Å². The van der Waals surface area contributed by atoms with Crippen molar-refractivity contribution in [2.24, 2.45) is 0 Å². The smallest absolute Gasteiger partial charge is 0.0700 e. The van der Waals surface area contributed by atoms with Crippen molar-refractivity contribution in [1.29, 1.82) is 0 Å². The zero-order valence-electron chi connectivity index (χ0n) is 8.18. The highest BCUT2D eigenvalue weighted by molar-refractivity contribution is 4.39. The van der Waals surface area contributed by atoms with E-state index in [9.17, 15) is 0 Å². The summed E-state index contributed by atoms with van der Waals surface area (Å²) < 4.78 is 10.6. The van der Waals surface area contributed by atoms with Crippen molar-refractivity contribution in [2.45, 2.75) is 32.6 Å². The van der Waals surface area contributed by atoms with E-state index in [1.165, 1.54) is 6.42 Å². The zero-order chi connectivity index (χ0) is 9.07. The lowest BCUT2D eigenvalue weighted by Crippen LogP contribution is -2.05. The first-order chi connectivity index (χ1) is 5.91. The van der Waals surface area contributed by atoms with Crippen molar-refractivity contribution >= 4 is 0 Å². The maximum atomic E-state index is 5.31. The summed E-state index contributed by atoms with van der Waals surface area (Å²) >= 11 is 0. The standard InChI is InChI=1S/C10H21O2/c1-3-5-7-11-9-10-12-8-6-4-2/h1,3-10H2,2H3. The van der Waals surface area contributed by atoms with Crippen LogP contribution in [0.4, 0.5) is 0 Å². The molecule has 0 aromatic carbocycles. The minimum atomic E-state index is 0.726. The molecule has 0 aliphatic heterocycles. The Bertz CT molecular complexity index is 64.2. The molecule has 0 saturated heterocycles. The van der Waals surface area contributed by atoms with Crippen LogP contribution in [0.2, 0.25) is 0 Å². The van der Waals surface area contributed by atoms with E-state index in [2.05, 4.69) is 13.8 Å². The van der Waals surface area contributed by atoms with Crippen LogP contribution < -0.4 is 0 Å². The Morgan fingerprint density at radius 2 is 1.50 bits per heavy atom. The first-order valence-corrected chi connectivity index (χ1v) is 4.86. The van der Waals surface area contributed by atoms with Gasteiger partial charge in [-0.25, -0.2) is 0 Å². The van der Waals surface area contributed by atoms with Crippen molar-refractivity contribution in [2.75, 3.05) is 26.4 Å². The van der Waals surface area contributed by atoms with Crippen LogP contribution in [0.3, 0.4) is 0 Å². The Hall–Kier alpha value is -0.0800. The summed E-state index contributed by atoms with van der Waals surface area (Å²) in [5.74, 6) is 0. The molecule has 12 heavy (non-hydrogen) atoms. The topological polar surface area (TPSA) is 18.5 Å². The molecule has 0 aromatic heterocycles. The van der Waals surface area contributed by atoms with Gasteiger partial charge in [0.05, 0.1) is 13.2 Å². The molecule has 0 spiro atoms. The fraction of sp³-hybridized carbons (Fsp3) is 0.900. The molecule has 0 unspecified atom stereocenters. The van der Waals surface area contributed by atoms with Gasteiger partial charge in [-0.3, -0.25) is 0 Å². The van der Waals surface area contributed by atoms with E-state index in [1.807, 2.05) is 0 Å². The molecule has 0 aliphatic rings. The minimum absolute atomic E-state index is 0.726. The fourth-order valence-corrected chi connectivity index (χ4v) is 0.772. The molecule has 0 saturated carbocycles. The van der Waals surface area contributed by atoms with Crippen LogP contribution in [0.1, 0.15) is 32.6 Å². The zero-order valence-corrected chi connectivity index (χ0v) is 8.18. The first kappa shape index (κ1) is 11.9. The van der Waals surface area contributed by atoms with E-state index in [0.717, 1.165) is 45.7 Å². The Morgan fingerprint density at radius 1 is 0.917 bits per heavy atom. The van der Waals surface area contributed by atoms with Gasteiger partial charge < -0.3 is 9.47 Å². The van der Waals surface area contributed by atoms with Crippen LogP contribution in [0, 0.1) is 6.92 Å². The third kappa shape index (κ3) is 9.92. The largest absolute Gasteiger partial charge is 0.379 e. The monoisotopic (exact) mass is 173 g/mol. The van der Waals surface area contributed by atoms with Crippen molar-refractivity contribution in [3.63, 3.8) is 0 Å². The second-order valence-electron chi connectivity index (χ2n) is 2.79. The predicted molar refractivity (Wildman–Crippen MR) is 51.1 cm³/mol. The molecule has 0 aromatic rings. The van der Waals surface area contributed by atoms with Gasteiger partial charge in [0, 0.05) is 13.2 Å².